The van der Waals surface area contributed by atoms with Gasteiger partial charge in [0.25, 0.3) is 0 Å². The molecule has 1 aliphatic carbocycles. The van der Waals surface area contributed by atoms with E-state index in [1.54, 1.807) is 0 Å². The average Bonchev–Trinajstić information content (AvgIpc) is 2.76. The second kappa shape index (κ2) is 7.47. The van der Waals surface area contributed by atoms with Gasteiger partial charge in [0.2, 0.25) is 0 Å². The van der Waals surface area contributed by atoms with Gasteiger partial charge in [-0.2, -0.15) is 0 Å². The molecule has 1 fully saturated rings. The molecule has 1 saturated carbocycles. The summed E-state index contributed by atoms with van der Waals surface area (Å²) in [5.74, 6) is -0.978. The standard InChI is InChI=1S/C15H25F3O3/c1-14(2,3)20-9-8-12(11-6-4-5-7-11)10-13(19)21-15(16,17)18/h11-12H,4-10H2,1-3H3. The fourth-order valence-corrected chi connectivity index (χ4v) is 2.83. The molecule has 0 heterocycles. The van der Waals surface area contributed by atoms with E-state index in [1.807, 2.05) is 20.8 Å². The summed E-state index contributed by atoms with van der Waals surface area (Å²) in [5.41, 5.74) is -0.285. The number of alkyl halides is 3. The van der Waals surface area contributed by atoms with Gasteiger partial charge in [0.05, 0.1) is 5.60 Å². The number of rotatable bonds is 6. The van der Waals surface area contributed by atoms with Gasteiger partial charge in [-0.3, -0.25) is 4.79 Å². The Balaban J connectivity index is 2.50. The maximum absolute atomic E-state index is 12.1. The van der Waals surface area contributed by atoms with Crippen molar-refractivity contribution in [3.05, 3.63) is 0 Å². The quantitative estimate of drug-likeness (QED) is 0.680. The molecule has 21 heavy (non-hydrogen) atoms. The molecular formula is C15H25F3O3. The molecule has 124 valence electrons. The van der Waals surface area contributed by atoms with Crippen molar-refractivity contribution in [3.63, 3.8) is 0 Å². The monoisotopic (exact) mass is 310 g/mol. The minimum atomic E-state index is -4.89. The molecule has 0 aromatic rings. The number of ether oxygens (including phenoxy) is 2. The Kier molecular flexibility index (Phi) is 6.50. The van der Waals surface area contributed by atoms with Gasteiger partial charge in [0.1, 0.15) is 0 Å². The van der Waals surface area contributed by atoms with Crippen LogP contribution in [0.1, 0.15) is 59.3 Å². The lowest BCUT2D eigenvalue weighted by Gasteiger charge is -2.25. The van der Waals surface area contributed by atoms with Gasteiger partial charge in [0, 0.05) is 13.0 Å². The van der Waals surface area contributed by atoms with Crippen molar-refractivity contribution in [2.75, 3.05) is 6.61 Å². The van der Waals surface area contributed by atoms with E-state index < -0.39 is 12.3 Å². The van der Waals surface area contributed by atoms with E-state index in [9.17, 15) is 18.0 Å². The SMILES string of the molecule is CC(C)(C)OCCC(CC(=O)OC(F)(F)F)C1CCCC1. The van der Waals surface area contributed by atoms with E-state index in [0.29, 0.717) is 18.9 Å². The minimum absolute atomic E-state index is 0.0929. The van der Waals surface area contributed by atoms with Crippen LogP contribution in [0, 0.1) is 11.8 Å². The molecule has 0 aromatic heterocycles. The van der Waals surface area contributed by atoms with Crippen LogP contribution in [0.5, 0.6) is 0 Å². The molecule has 6 heteroatoms. The lowest BCUT2D eigenvalue weighted by Crippen LogP contribution is -2.26. The van der Waals surface area contributed by atoms with E-state index in [1.165, 1.54) is 0 Å². The Labute approximate surface area is 124 Å². The summed E-state index contributed by atoms with van der Waals surface area (Å²) in [4.78, 5) is 11.4. The van der Waals surface area contributed by atoms with Crippen molar-refractivity contribution in [2.45, 2.75) is 71.3 Å². The highest BCUT2D eigenvalue weighted by Crippen LogP contribution is 2.36. The Bertz CT molecular complexity index is 328. The average molecular weight is 310 g/mol. The molecule has 1 aliphatic rings. The van der Waals surface area contributed by atoms with Crippen LogP contribution in [-0.4, -0.2) is 24.5 Å². The molecule has 0 aliphatic heterocycles. The Morgan fingerprint density at radius 1 is 1.19 bits per heavy atom. The van der Waals surface area contributed by atoms with Crippen LogP contribution in [0.25, 0.3) is 0 Å². The van der Waals surface area contributed by atoms with Crippen LogP contribution in [0.3, 0.4) is 0 Å². The van der Waals surface area contributed by atoms with Crippen LogP contribution in [0.4, 0.5) is 13.2 Å². The number of carbonyl (C=O) groups is 1. The first-order chi connectivity index (χ1) is 9.57. The van der Waals surface area contributed by atoms with Crippen LogP contribution < -0.4 is 0 Å². The van der Waals surface area contributed by atoms with Gasteiger partial charge >= 0.3 is 12.3 Å². The zero-order chi connectivity index (χ0) is 16.1. The molecule has 0 amide bonds. The van der Waals surface area contributed by atoms with Crippen LogP contribution in [0.2, 0.25) is 0 Å². The molecule has 0 bridgehead atoms. The molecule has 0 radical (unpaired) electrons. The summed E-state index contributed by atoms with van der Waals surface area (Å²) < 4.78 is 45.3. The predicted octanol–water partition coefficient (Wildman–Crippen LogP) is 4.45. The minimum Gasteiger partial charge on any atom is -0.376 e. The summed E-state index contributed by atoms with van der Waals surface area (Å²) in [5, 5.41) is 0. The fraction of sp³-hybridized carbons (Fsp3) is 0.933. The van der Waals surface area contributed by atoms with Crippen molar-refractivity contribution in [2.24, 2.45) is 11.8 Å². The summed E-state index contributed by atoms with van der Waals surface area (Å²) >= 11 is 0. The summed E-state index contributed by atoms with van der Waals surface area (Å²) in [7, 11) is 0. The Morgan fingerprint density at radius 3 is 2.24 bits per heavy atom. The third-order valence-corrected chi connectivity index (χ3v) is 3.75. The summed E-state index contributed by atoms with van der Waals surface area (Å²) in [6.07, 6.45) is -0.379. The zero-order valence-corrected chi connectivity index (χ0v) is 13.0. The molecule has 3 nitrogen and oxygen atoms in total. The number of esters is 1. The van der Waals surface area contributed by atoms with E-state index in [0.717, 1.165) is 25.7 Å². The number of hydrogen-bond donors (Lipinski definition) is 0. The predicted molar refractivity (Wildman–Crippen MR) is 72.5 cm³/mol. The zero-order valence-electron chi connectivity index (χ0n) is 13.0. The Hall–Kier alpha value is -0.780. The maximum Gasteiger partial charge on any atom is 0.575 e. The molecule has 1 rings (SSSR count). The van der Waals surface area contributed by atoms with Crippen molar-refractivity contribution >= 4 is 5.97 Å². The smallest absolute Gasteiger partial charge is 0.376 e. The first kappa shape index (κ1) is 18.3. The van der Waals surface area contributed by atoms with Gasteiger partial charge in [-0.15, -0.1) is 13.2 Å². The molecular weight excluding hydrogens is 285 g/mol. The molecule has 0 saturated heterocycles. The third kappa shape index (κ3) is 8.29. The van der Waals surface area contributed by atoms with Crippen molar-refractivity contribution in [1.29, 1.82) is 0 Å². The molecule has 0 aromatic carbocycles. The van der Waals surface area contributed by atoms with Crippen molar-refractivity contribution < 1.29 is 27.4 Å². The molecule has 1 atom stereocenters. The van der Waals surface area contributed by atoms with Crippen molar-refractivity contribution in [3.8, 4) is 0 Å². The first-order valence-corrected chi connectivity index (χ1v) is 7.49. The topological polar surface area (TPSA) is 35.5 Å². The second-order valence-corrected chi connectivity index (χ2v) is 6.68. The van der Waals surface area contributed by atoms with E-state index in [4.69, 9.17) is 4.74 Å². The van der Waals surface area contributed by atoms with E-state index in [-0.39, 0.29) is 17.9 Å². The summed E-state index contributed by atoms with van der Waals surface area (Å²) in [6.45, 7) is 6.23. The second-order valence-electron chi connectivity index (χ2n) is 6.68. The maximum atomic E-state index is 12.1. The number of hydrogen-bond acceptors (Lipinski definition) is 3. The lowest BCUT2D eigenvalue weighted by molar-refractivity contribution is -0.306. The van der Waals surface area contributed by atoms with Gasteiger partial charge in [-0.05, 0) is 39.0 Å². The molecule has 1 unspecified atom stereocenters. The van der Waals surface area contributed by atoms with Gasteiger partial charge in [-0.1, -0.05) is 25.7 Å². The van der Waals surface area contributed by atoms with Gasteiger partial charge < -0.3 is 9.47 Å². The number of halogens is 3. The highest BCUT2D eigenvalue weighted by Gasteiger charge is 2.36. The molecule has 0 N–H and O–H groups in total. The van der Waals surface area contributed by atoms with Crippen LogP contribution >= 0.6 is 0 Å². The van der Waals surface area contributed by atoms with Gasteiger partial charge in [0.15, 0.2) is 0 Å². The third-order valence-electron chi connectivity index (χ3n) is 3.75. The lowest BCUT2D eigenvalue weighted by atomic mass is 9.86. The Morgan fingerprint density at radius 2 is 1.76 bits per heavy atom. The van der Waals surface area contributed by atoms with Crippen LogP contribution in [0.15, 0.2) is 0 Å². The normalized spacial score (nSPS) is 18.8. The van der Waals surface area contributed by atoms with E-state index >= 15 is 0 Å². The van der Waals surface area contributed by atoms with Crippen LogP contribution in [-0.2, 0) is 14.3 Å². The highest BCUT2D eigenvalue weighted by atomic mass is 19.4. The first-order valence-electron chi connectivity index (χ1n) is 7.49. The largest absolute Gasteiger partial charge is 0.575 e. The van der Waals surface area contributed by atoms with Crippen molar-refractivity contribution in [1.82, 2.24) is 0 Å². The fourth-order valence-electron chi connectivity index (χ4n) is 2.83. The summed E-state index contributed by atoms with van der Waals surface area (Å²) in [6, 6.07) is 0. The van der Waals surface area contributed by atoms with E-state index in [2.05, 4.69) is 4.74 Å². The molecule has 0 spiro atoms. The van der Waals surface area contributed by atoms with Gasteiger partial charge in [-0.25, -0.2) is 0 Å². The number of carbonyl (C=O) groups excluding carboxylic acids is 1. The highest BCUT2D eigenvalue weighted by molar-refractivity contribution is 5.69.